The molecule has 218 valence electrons. The molecule has 0 spiro atoms. The van der Waals surface area contributed by atoms with Gasteiger partial charge in [0.25, 0.3) is 0 Å². The van der Waals surface area contributed by atoms with Crippen LogP contribution in [-0.4, -0.2) is 63.4 Å². The fraction of sp³-hybridized carbons (Fsp3) is 0.469. The largest absolute Gasteiger partial charge is 0.480 e. The summed E-state index contributed by atoms with van der Waals surface area (Å²) in [6, 6.07) is 17.0. The first kappa shape index (κ1) is 32.7. The predicted molar refractivity (Wildman–Crippen MR) is 155 cm³/mol. The molecule has 40 heavy (non-hydrogen) atoms. The zero-order valence-corrected chi connectivity index (χ0v) is 24.0. The number of likely N-dealkylation sites (tertiary alicyclic amines) is 1. The molecule has 0 radical (unpaired) electrons. The molecule has 0 aromatic heterocycles. The summed E-state index contributed by atoms with van der Waals surface area (Å²) in [6.07, 6.45) is 5.80. The normalized spacial score (nSPS) is 15.3. The first-order valence-corrected chi connectivity index (χ1v) is 13.8. The van der Waals surface area contributed by atoms with Crippen LogP contribution in [-0.2, 0) is 31.1 Å². The van der Waals surface area contributed by atoms with Crippen molar-refractivity contribution in [2.75, 3.05) is 13.1 Å². The Morgan fingerprint density at radius 1 is 0.950 bits per heavy atom. The average Bonchev–Trinajstić information content (AvgIpc) is 2.91. The summed E-state index contributed by atoms with van der Waals surface area (Å²) >= 11 is 0. The summed E-state index contributed by atoms with van der Waals surface area (Å²) in [5.74, 6) is -3.20. The molecule has 1 aliphatic rings. The molecule has 2 aromatic rings. The highest BCUT2D eigenvalue weighted by atomic mass is 16.5. The van der Waals surface area contributed by atoms with Crippen LogP contribution >= 0.6 is 0 Å². The van der Waals surface area contributed by atoms with Crippen molar-refractivity contribution < 1.29 is 34.4 Å². The molecule has 0 amide bonds. The van der Waals surface area contributed by atoms with Crippen LogP contribution in [0, 0.1) is 0 Å². The van der Waals surface area contributed by atoms with Crippen LogP contribution in [0.2, 0.25) is 0 Å². The van der Waals surface area contributed by atoms with Gasteiger partial charge >= 0.3 is 17.9 Å². The highest BCUT2D eigenvalue weighted by Crippen LogP contribution is 2.29. The van der Waals surface area contributed by atoms with Gasteiger partial charge in [0.05, 0.1) is 12.7 Å². The van der Waals surface area contributed by atoms with Crippen molar-refractivity contribution in [3.8, 4) is 11.1 Å². The summed E-state index contributed by atoms with van der Waals surface area (Å²) in [7, 11) is 0. The topological polar surface area (TPSA) is 124 Å². The van der Waals surface area contributed by atoms with Gasteiger partial charge in [0.15, 0.2) is 0 Å². The first-order chi connectivity index (χ1) is 18.9. The molecule has 8 heteroatoms. The number of aliphatic carboxylic acids is 3. The summed E-state index contributed by atoms with van der Waals surface area (Å²) in [6.45, 7) is 11.0. The van der Waals surface area contributed by atoms with Crippen LogP contribution in [0.3, 0.4) is 0 Å². The van der Waals surface area contributed by atoms with E-state index in [0.717, 1.165) is 45.2 Å². The van der Waals surface area contributed by atoms with Gasteiger partial charge in [-0.2, -0.15) is 0 Å². The molecule has 8 nitrogen and oxygen atoms in total. The van der Waals surface area contributed by atoms with E-state index in [0.29, 0.717) is 18.8 Å². The van der Waals surface area contributed by atoms with Gasteiger partial charge in [-0.25, -0.2) is 9.59 Å². The van der Waals surface area contributed by atoms with Crippen molar-refractivity contribution in [2.45, 2.75) is 84.0 Å². The van der Waals surface area contributed by atoms with Gasteiger partial charge in [0, 0.05) is 25.2 Å². The number of carboxylic acids is 3. The molecule has 0 aliphatic carbocycles. The molecule has 1 fully saturated rings. The maximum atomic E-state index is 11.7. The van der Waals surface area contributed by atoms with Gasteiger partial charge in [0.1, 0.15) is 6.04 Å². The van der Waals surface area contributed by atoms with Crippen molar-refractivity contribution in [3.63, 3.8) is 0 Å². The summed E-state index contributed by atoms with van der Waals surface area (Å²) in [5.41, 5.74) is 5.11. The van der Waals surface area contributed by atoms with E-state index in [2.05, 4.69) is 81.1 Å². The number of piperidine rings is 1. The lowest BCUT2D eigenvalue weighted by atomic mass is 9.86. The van der Waals surface area contributed by atoms with E-state index in [1.54, 1.807) is 0 Å². The molecule has 1 heterocycles. The van der Waals surface area contributed by atoms with Crippen LogP contribution in [0.5, 0.6) is 0 Å². The molecule has 2 aromatic carbocycles. The molecule has 3 N–H and O–H groups in total. The number of carbonyl (C=O) groups is 3. The fourth-order valence-corrected chi connectivity index (χ4v) is 4.64. The maximum absolute atomic E-state index is 11.7. The second-order valence-corrected chi connectivity index (χ2v) is 11.0. The Bertz CT molecular complexity index is 1110. The van der Waals surface area contributed by atoms with Crippen molar-refractivity contribution in [2.24, 2.45) is 0 Å². The number of nitrogens with zero attached hydrogens (tertiary/aromatic N) is 1. The fourth-order valence-electron chi connectivity index (χ4n) is 4.64. The second-order valence-electron chi connectivity index (χ2n) is 11.0. The molecule has 1 saturated heterocycles. The maximum Gasteiger partial charge on any atom is 0.328 e. The predicted octanol–water partition coefficient (Wildman–Crippen LogP) is 5.99. The third kappa shape index (κ3) is 10.9. The lowest BCUT2D eigenvalue weighted by Gasteiger charge is -2.35. The monoisotopic (exact) mass is 553 g/mol. The van der Waals surface area contributed by atoms with Gasteiger partial charge < -0.3 is 20.1 Å². The minimum atomic E-state index is -1.26. The van der Waals surface area contributed by atoms with E-state index in [9.17, 15) is 19.5 Å². The smallest absolute Gasteiger partial charge is 0.328 e. The zero-order chi connectivity index (χ0) is 29.7. The number of rotatable bonds is 11. The van der Waals surface area contributed by atoms with Gasteiger partial charge in [0.2, 0.25) is 0 Å². The van der Waals surface area contributed by atoms with Gasteiger partial charge in [-0.3, -0.25) is 9.69 Å². The molecular weight excluding hydrogens is 510 g/mol. The zero-order valence-electron chi connectivity index (χ0n) is 24.0. The number of carboxylic acid groups (broad SMARTS) is 3. The average molecular weight is 554 g/mol. The standard InChI is InChI=1S/C28H39NO3.C4H4O4/c1-5-6-11-26(27(30)31)29-18-16-24(17-19-29)32-20-22-9-7-8-10-25(22)21-12-14-23(15-13-21)28(2,3)4;5-3(6)1-2-4(7)8/h7-10,12-15,24,26H,5-6,11,16-20H2,1-4H3,(H,30,31);1-2H,(H,5,6)(H,7,8). The third-order valence-electron chi connectivity index (χ3n) is 6.96. The SMILES string of the molecule is CCCCC(C(=O)O)N1CCC(OCc2ccccc2-c2ccc(C(C)(C)C)cc2)CC1.O=C(O)C=CC(=O)O. The number of unbranched alkanes of at least 4 members (excludes halogenated alkanes) is 1. The molecule has 1 atom stereocenters. The molecule has 1 unspecified atom stereocenters. The van der Waals surface area contributed by atoms with E-state index >= 15 is 0 Å². The molecule has 0 bridgehead atoms. The highest BCUT2D eigenvalue weighted by molar-refractivity contribution is 5.89. The van der Waals surface area contributed by atoms with E-state index < -0.39 is 17.9 Å². The number of benzene rings is 2. The molecule has 1 aliphatic heterocycles. The quantitative estimate of drug-likeness (QED) is 0.290. The van der Waals surface area contributed by atoms with Crippen molar-refractivity contribution in [1.82, 2.24) is 4.90 Å². The third-order valence-corrected chi connectivity index (χ3v) is 6.96. The molecule has 0 saturated carbocycles. The van der Waals surface area contributed by atoms with Crippen molar-refractivity contribution in [3.05, 3.63) is 71.8 Å². The Labute approximate surface area is 237 Å². The van der Waals surface area contributed by atoms with Gasteiger partial charge in [-0.05, 0) is 46.9 Å². The number of ether oxygens (including phenoxy) is 1. The van der Waals surface area contributed by atoms with Crippen molar-refractivity contribution in [1.29, 1.82) is 0 Å². The van der Waals surface area contributed by atoms with Gasteiger partial charge in [-0.1, -0.05) is 89.1 Å². The highest BCUT2D eigenvalue weighted by Gasteiger charge is 2.29. The first-order valence-electron chi connectivity index (χ1n) is 13.8. The van der Waals surface area contributed by atoms with E-state index in [1.165, 1.54) is 22.3 Å². The van der Waals surface area contributed by atoms with E-state index in [4.69, 9.17) is 14.9 Å². The van der Waals surface area contributed by atoms with Crippen LogP contribution in [0.15, 0.2) is 60.7 Å². The van der Waals surface area contributed by atoms with Crippen LogP contribution < -0.4 is 0 Å². The van der Waals surface area contributed by atoms with Crippen LogP contribution in [0.25, 0.3) is 11.1 Å². The summed E-state index contributed by atoms with van der Waals surface area (Å²) in [4.78, 5) is 32.9. The van der Waals surface area contributed by atoms with E-state index in [1.807, 2.05) is 0 Å². The number of hydrogen-bond donors (Lipinski definition) is 3. The van der Waals surface area contributed by atoms with Gasteiger partial charge in [-0.15, -0.1) is 0 Å². The molecular formula is C32H43NO7. The van der Waals surface area contributed by atoms with E-state index in [-0.39, 0.29) is 17.6 Å². The minimum absolute atomic E-state index is 0.145. The van der Waals surface area contributed by atoms with Crippen molar-refractivity contribution >= 4 is 17.9 Å². The van der Waals surface area contributed by atoms with Crippen LogP contribution in [0.1, 0.15) is 70.9 Å². The Morgan fingerprint density at radius 3 is 2.02 bits per heavy atom. The Balaban J connectivity index is 0.000000611. The minimum Gasteiger partial charge on any atom is -0.480 e. The lowest BCUT2D eigenvalue weighted by Crippen LogP contribution is -2.47. The summed E-state index contributed by atoms with van der Waals surface area (Å²) < 4.78 is 6.30. The second kappa shape index (κ2) is 15.9. The Kier molecular flexibility index (Phi) is 13.0. The Hall–Kier alpha value is -3.49. The van der Waals surface area contributed by atoms with Crippen LogP contribution in [0.4, 0.5) is 0 Å². The molecule has 3 rings (SSSR count). The summed E-state index contributed by atoms with van der Waals surface area (Å²) in [5, 5.41) is 25.2. The lowest BCUT2D eigenvalue weighted by molar-refractivity contribution is -0.145. The number of hydrogen-bond acceptors (Lipinski definition) is 5. The Morgan fingerprint density at radius 2 is 1.52 bits per heavy atom.